The van der Waals surface area contributed by atoms with Crippen molar-refractivity contribution in [2.75, 3.05) is 91.6 Å². The molecule has 3 aliphatic rings. The van der Waals surface area contributed by atoms with E-state index in [0.29, 0.717) is 58.2 Å². The molecule has 11 N–H and O–H groups in total. The molecular weight excluding hydrogens is 1040 g/mol. The molecule has 80 heavy (non-hydrogen) atoms. The van der Waals surface area contributed by atoms with Crippen molar-refractivity contribution in [3.63, 3.8) is 0 Å². The van der Waals surface area contributed by atoms with Crippen molar-refractivity contribution in [3.8, 4) is 0 Å². The lowest BCUT2D eigenvalue weighted by Crippen LogP contribution is -2.52. The Hall–Kier alpha value is -7.48. The molecule has 3 aromatic rings. The number of urea groups is 1. The number of carboxylic acid groups (broad SMARTS) is 6. The molecule has 1 saturated heterocycles. The third kappa shape index (κ3) is 19.7. The number of fused-ring (bicyclic) bond motifs is 2. The summed E-state index contributed by atoms with van der Waals surface area (Å²) in [5, 5.41) is 74.4. The third-order valence-corrected chi connectivity index (χ3v) is 15.4. The van der Waals surface area contributed by atoms with Crippen molar-refractivity contribution < 1.29 is 78.6 Å². The lowest BCUT2D eigenvalue weighted by molar-refractivity contribution is -0.141. The van der Waals surface area contributed by atoms with Crippen molar-refractivity contribution in [2.45, 2.75) is 82.3 Å². The number of rotatable bonds is 27. The minimum atomic E-state index is -1.43. The Morgan fingerprint density at radius 2 is 1.07 bits per heavy atom. The number of nitrogens with one attached hydrogen (secondary N) is 5. The second kappa shape index (κ2) is 30.2. The molecule has 2 unspecified atom stereocenters. The number of hydrogen-bond donors (Lipinski definition) is 11. The van der Waals surface area contributed by atoms with Gasteiger partial charge in [-0.2, -0.15) is 0 Å². The van der Waals surface area contributed by atoms with Gasteiger partial charge in [0.2, 0.25) is 17.7 Å². The van der Waals surface area contributed by atoms with Gasteiger partial charge in [0, 0.05) is 84.2 Å². The molecule has 25 nitrogen and oxygen atoms in total. The fourth-order valence-electron chi connectivity index (χ4n) is 10.9. The largest absolute Gasteiger partial charge is 0.481 e. The Labute approximate surface area is 462 Å². The Morgan fingerprint density at radius 1 is 0.562 bits per heavy atom. The molecule has 5 atom stereocenters. The number of amides is 5. The summed E-state index contributed by atoms with van der Waals surface area (Å²) in [6.07, 6.45) is 2.62. The van der Waals surface area contributed by atoms with E-state index < -0.39 is 77.7 Å². The summed E-state index contributed by atoms with van der Waals surface area (Å²) < 4.78 is 0. The number of carbonyl (C=O) groups excluding carboxylic acids is 4. The fourth-order valence-corrected chi connectivity index (χ4v) is 10.9. The second-order valence-corrected chi connectivity index (χ2v) is 21.2. The number of hydrogen-bond acceptors (Lipinski definition) is 14. The first-order valence-electron chi connectivity index (χ1n) is 27.3. The van der Waals surface area contributed by atoms with E-state index in [1.165, 1.54) is 0 Å². The van der Waals surface area contributed by atoms with Crippen LogP contribution in [0.1, 0.15) is 63.4 Å². The first kappa shape index (κ1) is 61.7. The number of carbonyl (C=O) groups is 10. The highest BCUT2D eigenvalue weighted by molar-refractivity contribution is 6.03. The number of aliphatic carboxylic acids is 6. The maximum atomic E-state index is 14.3. The molecule has 0 aromatic heterocycles. The van der Waals surface area contributed by atoms with Gasteiger partial charge in [-0.25, -0.2) is 14.4 Å². The molecule has 0 radical (unpaired) electrons. The van der Waals surface area contributed by atoms with Crippen molar-refractivity contribution in [2.24, 2.45) is 23.7 Å². The Balaban J connectivity index is 1.05. The summed E-state index contributed by atoms with van der Waals surface area (Å²) >= 11 is 0. The van der Waals surface area contributed by atoms with E-state index in [-0.39, 0.29) is 121 Å². The minimum Gasteiger partial charge on any atom is -0.481 e. The SMILES string of the molecule is O=C(O)CCC[C@H](NC(=O)N[C@H](C(=O)O)C1CC1CCNC(=O)[C@H](Cc1c2ccccc2cc2ccccc12)NC(=O)[C@H]1CC[C@H](CNC(=O)CN2CCN(CC(=O)O)CCN(CC(=O)O)CCN(CC(=O)O)CC2)CC1)C(=O)O. The highest BCUT2D eigenvalue weighted by Crippen LogP contribution is 2.43. The van der Waals surface area contributed by atoms with Crippen molar-refractivity contribution in [3.05, 3.63) is 60.2 Å². The van der Waals surface area contributed by atoms with Crippen LogP contribution >= 0.6 is 0 Å². The Morgan fingerprint density at radius 3 is 1.56 bits per heavy atom. The van der Waals surface area contributed by atoms with Crippen LogP contribution in [0.25, 0.3) is 21.5 Å². The van der Waals surface area contributed by atoms with Gasteiger partial charge in [0.25, 0.3) is 0 Å². The van der Waals surface area contributed by atoms with Crippen LogP contribution in [0.2, 0.25) is 0 Å². The topological polar surface area (TPSA) is 365 Å². The van der Waals surface area contributed by atoms with E-state index in [9.17, 15) is 73.5 Å². The van der Waals surface area contributed by atoms with Gasteiger partial charge in [0.15, 0.2) is 0 Å². The monoisotopic (exact) mass is 1120 g/mol. The zero-order chi connectivity index (χ0) is 57.9. The highest BCUT2D eigenvalue weighted by atomic mass is 16.4. The van der Waals surface area contributed by atoms with Gasteiger partial charge in [0.1, 0.15) is 18.1 Å². The summed E-state index contributed by atoms with van der Waals surface area (Å²) in [5.74, 6) is -9.12. The van der Waals surface area contributed by atoms with Crippen LogP contribution in [0.15, 0.2) is 54.6 Å². The standard InChI is InChI=1S/C55H75N9O16/c65-45(30-61-18-20-62(31-47(68)69)22-24-64(33-49(72)73)25-23-63(21-19-61)32-48(70)71)57-29-34-12-14-35(15-13-34)51(74)58-44(28-42-39-8-3-1-6-36(39)26-37-7-2-4-9-40(37)42)52(75)56-17-16-38-27-41(38)50(54(78)79)60-55(80)59-43(53(76)77)10-5-11-46(66)67/h1-4,6-9,26,34-35,38,41,43-44,50H,5,10-25,27-33H2,(H,56,75)(H,57,65)(H,58,74)(H,66,67)(H,68,69)(H,70,71)(H,72,73)(H,76,77)(H,78,79)(H2,59,60,80)/t34-,35-,38?,41?,43-,44-,50-/m0/s1. The number of carboxylic acids is 6. The van der Waals surface area contributed by atoms with Crippen LogP contribution in [0.5, 0.6) is 0 Å². The van der Waals surface area contributed by atoms with Crippen molar-refractivity contribution in [1.82, 2.24) is 46.2 Å². The van der Waals surface area contributed by atoms with E-state index in [1.807, 2.05) is 53.4 Å². The molecule has 0 spiro atoms. The van der Waals surface area contributed by atoms with E-state index >= 15 is 0 Å². The van der Waals surface area contributed by atoms with E-state index in [0.717, 1.165) is 27.1 Å². The zero-order valence-corrected chi connectivity index (χ0v) is 44.8. The Kier molecular flexibility index (Phi) is 23.3. The van der Waals surface area contributed by atoms with E-state index in [1.54, 1.807) is 14.7 Å². The van der Waals surface area contributed by atoms with Gasteiger partial charge in [-0.15, -0.1) is 0 Å². The molecule has 3 fully saturated rings. The summed E-state index contributed by atoms with van der Waals surface area (Å²) in [5.41, 5.74) is 0.869. The molecule has 1 aliphatic heterocycles. The molecule has 6 rings (SSSR count). The average Bonchev–Trinajstić information content (AvgIpc) is 4.24. The molecule has 3 aromatic carbocycles. The molecule has 2 aliphatic carbocycles. The van der Waals surface area contributed by atoms with Gasteiger partial charge >= 0.3 is 41.8 Å². The molecule has 5 amide bonds. The van der Waals surface area contributed by atoms with Gasteiger partial charge in [-0.3, -0.25) is 53.2 Å². The third-order valence-electron chi connectivity index (χ3n) is 15.4. The molecule has 0 bridgehead atoms. The van der Waals surface area contributed by atoms with Crippen LogP contribution in [0, 0.1) is 23.7 Å². The lowest BCUT2D eigenvalue weighted by atomic mass is 9.81. The summed E-state index contributed by atoms with van der Waals surface area (Å²) in [4.78, 5) is 131. The summed E-state index contributed by atoms with van der Waals surface area (Å²) in [6, 6.07) is 12.8. The van der Waals surface area contributed by atoms with Gasteiger partial charge in [-0.05, 0) is 102 Å². The van der Waals surface area contributed by atoms with Crippen LogP contribution in [-0.4, -0.2) is 220 Å². The van der Waals surface area contributed by atoms with Crippen molar-refractivity contribution >= 4 is 81.1 Å². The minimum absolute atomic E-state index is 0.0213. The van der Waals surface area contributed by atoms with E-state index in [2.05, 4.69) is 32.7 Å². The van der Waals surface area contributed by atoms with Crippen LogP contribution in [-0.2, 0) is 49.6 Å². The maximum Gasteiger partial charge on any atom is 0.326 e. The van der Waals surface area contributed by atoms with Crippen LogP contribution in [0.4, 0.5) is 4.79 Å². The smallest absolute Gasteiger partial charge is 0.326 e. The number of benzene rings is 3. The first-order chi connectivity index (χ1) is 38.2. The molecule has 2 saturated carbocycles. The zero-order valence-electron chi connectivity index (χ0n) is 44.8. The maximum absolute atomic E-state index is 14.3. The molecular formula is C55H75N9O16. The van der Waals surface area contributed by atoms with Gasteiger partial charge < -0.3 is 57.2 Å². The number of nitrogens with zero attached hydrogens (tertiary/aromatic N) is 4. The first-order valence-corrected chi connectivity index (χ1v) is 27.3. The molecule has 436 valence electrons. The second-order valence-electron chi connectivity index (χ2n) is 21.2. The highest BCUT2D eigenvalue weighted by Gasteiger charge is 2.47. The van der Waals surface area contributed by atoms with E-state index in [4.69, 9.17) is 5.11 Å². The Bertz CT molecular complexity index is 2620. The predicted octanol–water partition coefficient (Wildman–Crippen LogP) is 1.02. The van der Waals surface area contributed by atoms with Crippen LogP contribution < -0.4 is 26.6 Å². The normalized spacial score (nSPS) is 20.9. The molecule has 1 heterocycles. The lowest BCUT2D eigenvalue weighted by Gasteiger charge is -2.33. The fraction of sp³-hybridized carbons (Fsp3) is 0.564. The summed E-state index contributed by atoms with van der Waals surface area (Å²) in [6.45, 7) is 1.72. The molecule has 25 heteroatoms. The predicted molar refractivity (Wildman–Crippen MR) is 289 cm³/mol. The van der Waals surface area contributed by atoms with Gasteiger partial charge in [-0.1, -0.05) is 48.5 Å². The van der Waals surface area contributed by atoms with Gasteiger partial charge in [0.05, 0.1) is 26.2 Å². The average molecular weight is 1120 g/mol. The van der Waals surface area contributed by atoms with Crippen molar-refractivity contribution in [1.29, 1.82) is 0 Å². The summed E-state index contributed by atoms with van der Waals surface area (Å²) in [7, 11) is 0. The van der Waals surface area contributed by atoms with Crippen LogP contribution in [0.3, 0.4) is 0 Å². The quantitative estimate of drug-likeness (QED) is 0.0475.